The molecule has 0 aliphatic carbocycles. The van der Waals surface area contributed by atoms with Gasteiger partial charge in [-0.1, -0.05) is 58.0 Å². The fourth-order valence-electron chi connectivity index (χ4n) is 1.57. The van der Waals surface area contributed by atoms with Crippen LogP contribution in [0.2, 0.25) is 0 Å². The second kappa shape index (κ2) is 14.8. The van der Waals surface area contributed by atoms with Crippen molar-refractivity contribution in [2.45, 2.75) is 41.5 Å². The van der Waals surface area contributed by atoms with Crippen molar-refractivity contribution < 1.29 is 10.0 Å². The van der Waals surface area contributed by atoms with Gasteiger partial charge in [0.05, 0.1) is 0 Å². The molecule has 0 saturated carbocycles. The van der Waals surface area contributed by atoms with Gasteiger partial charge in [0, 0.05) is 5.39 Å². The predicted molar refractivity (Wildman–Crippen MR) is 120 cm³/mol. The van der Waals surface area contributed by atoms with Crippen molar-refractivity contribution >= 4 is 70.7 Å². The Bertz CT molecular complexity index is 513. The first kappa shape index (κ1) is 24.5. The second-order valence-corrected chi connectivity index (χ2v) is 38.9. The van der Waals surface area contributed by atoms with E-state index in [2.05, 4.69) is 66.0 Å². The summed E-state index contributed by atoms with van der Waals surface area (Å²) in [5.41, 5.74) is 2.11. The quantitative estimate of drug-likeness (QED) is 0.285. The predicted octanol–water partition coefficient (Wildman–Crippen LogP) is 7.87. The Morgan fingerprint density at radius 1 is 0.905 bits per heavy atom. The van der Waals surface area contributed by atoms with Crippen molar-refractivity contribution in [1.29, 1.82) is 0 Å². The van der Waals surface area contributed by atoms with Crippen LogP contribution in [0.1, 0.15) is 38.8 Å². The summed E-state index contributed by atoms with van der Waals surface area (Å²) in [6.45, 7) is 12.0. The molecule has 2 aromatic rings. The van der Waals surface area contributed by atoms with E-state index in [1.165, 1.54) is 0 Å². The van der Waals surface area contributed by atoms with E-state index < -0.39 is 0 Å². The zero-order valence-corrected chi connectivity index (χ0v) is 21.3. The van der Waals surface area contributed by atoms with Crippen LogP contribution in [0.3, 0.4) is 0 Å². The molecule has 0 aliphatic heterocycles. The van der Waals surface area contributed by atoms with E-state index in [4.69, 9.17) is 0 Å². The van der Waals surface area contributed by atoms with Gasteiger partial charge >= 0.3 is 64.9 Å². The summed E-state index contributed by atoms with van der Waals surface area (Å²) in [5.74, 6) is 0.413. The van der Waals surface area contributed by atoms with Crippen molar-refractivity contribution in [3.63, 3.8) is 0 Å². The summed E-state index contributed by atoms with van der Waals surface area (Å²) in [4.78, 5) is -0.278. The molecule has 1 nitrogen and oxygen atoms in total. The van der Waals surface area contributed by atoms with Crippen LogP contribution in [0.15, 0.2) is 30.3 Å². The Labute approximate surface area is 167 Å². The van der Waals surface area contributed by atoms with Gasteiger partial charge in [-0.25, -0.2) is 0 Å². The number of halogens is 3. The molecule has 0 radical (unpaired) electrons. The molecule has 0 atom stereocenters. The number of aromatic hydroxyl groups is 1. The molecule has 0 aromatic heterocycles. The number of hydrogen-bond acceptors (Lipinski definition) is 1. The minimum atomic E-state index is -0.278. The summed E-state index contributed by atoms with van der Waals surface area (Å²) in [6.07, 6.45) is 0. The number of rotatable bonds is 0. The number of aryl methyl sites for hydroxylation is 1. The van der Waals surface area contributed by atoms with Crippen LogP contribution in [0, 0.1) is 13.8 Å². The Hall–Kier alpha value is 1.27. The summed E-state index contributed by atoms with van der Waals surface area (Å²) in [5, 5.41) is 11.9. The fraction of sp³-hybridized carbons (Fsp3) is 0.375. The molecule has 0 spiro atoms. The first-order valence-electron chi connectivity index (χ1n) is 6.89. The van der Waals surface area contributed by atoms with Crippen molar-refractivity contribution in [2.24, 2.45) is 0 Å². The summed E-state index contributed by atoms with van der Waals surface area (Å²) in [7, 11) is 0. The van der Waals surface area contributed by atoms with E-state index in [1.54, 1.807) is 0 Å². The molecular weight excluding hydrogens is 640 g/mol. The molecule has 120 valence electrons. The molecule has 5 heteroatoms. The second-order valence-electron chi connectivity index (χ2n) is 3.58. The monoisotopic (exact) mass is 664 g/mol. The first-order valence-corrected chi connectivity index (χ1v) is 20.4. The topological polar surface area (TPSA) is 20.2 Å². The van der Waals surface area contributed by atoms with Crippen LogP contribution in [-0.4, -0.2) is 5.11 Å². The number of hydrogen-bond donors (Lipinski definition) is 1. The molecule has 1 N–H and O–H groups in total. The summed E-state index contributed by atoms with van der Waals surface area (Å²) in [6, 6.07) is 9.98. The van der Waals surface area contributed by atoms with Gasteiger partial charge in [0.2, 0.25) is 0 Å². The van der Waals surface area contributed by atoms with Gasteiger partial charge in [0.25, 0.3) is 0 Å². The molecule has 2 aromatic carbocycles. The van der Waals surface area contributed by atoms with Crippen molar-refractivity contribution in [2.75, 3.05) is 0 Å². The van der Waals surface area contributed by atoms with Crippen LogP contribution in [0.25, 0.3) is 10.8 Å². The van der Waals surface area contributed by atoms with Crippen LogP contribution in [0.4, 0.5) is 0 Å². The van der Waals surface area contributed by atoms with E-state index >= 15 is 0 Å². The number of fused-ring (bicyclic) bond motifs is 1. The zero-order chi connectivity index (χ0) is 17.0. The third-order valence-corrected chi connectivity index (χ3v) is 2.53. The van der Waals surface area contributed by atoms with Gasteiger partial charge in [-0.15, -0.1) is 0 Å². The number of benzene rings is 2. The average molecular weight is 664 g/mol. The standard InChI is InChI=1S/C12H12O.2C2H6.3HI.V/c1-8-7-10-5-3-4-6-11(10)12(13)9(8)2;2*1-2;;;;/h3-7,13H,1-2H3;2*1-2H3;3*1H;/q;;;;;;+3/p-3. The number of phenolic OH excluding ortho intramolecular Hbond substituents is 1. The molecule has 0 amide bonds. The van der Waals surface area contributed by atoms with Crippen molar-refractivity contribution in [1.82, 2.24) is 0 Å². The Kier molecular flexibility index (Phi) is 17.3. The van der Waals surface area contributed by atoms with Crippen molar-refractivity contribution in [3.05, 3.63) is 41.5 Å². The molecule has 0 saturated heterocycles. The minimum absolute atomic E-state index is 0.278. The molecule has 0 aliphatic rings. The average Bonchev–Trinajstić information content (AvgIpc) is 2.49. The molecule has 2 rings (SSSR count). The first-order chi connectivity index (χ1) is 9.93. The van der Waals surface area contributed by atoms with Crippen LogP contribution in [0.5, 0.6) is 5.75 Å². The van der Waals surface area contributed by atoms with E-state index in [9.17, 15) is 5.11 Å². The summed E-state index contributed by atoms with van der Waals surface area (Å²) < 4.78 is 0. The third-order valence-electron chi connectivity index (χ3n) is 2.53. The number of phenols is 1. The SMILES string of the molecule is CC.CC.Cc1cc2ccccc2c(O)c1C.[I][V]([I])[I]. The van der Waals surface area contributed by atoms with Gasteiger partial charge in [-0.3, -0.25) is 0 Å². The van der Waals surface area contributed by atoms with E-state index in [0.29, 0.717) is 5.75 Å². The maximum atomic E-state index is 9.84. The van der Waals surface area contributed by atoms with Crippen LogP contribution < -0.4 is 0 Å². The van der Waals surface area contributed by atoms with Crippen LogP contribution in [-0.2, 0) is 4.92 Å². The van der Waals surface area contributed by atoms with Gasteiger partial charge in [-0.2, -0.15) is 0 Å². The Morgan fingerprint density at radius 2 is 1.33 bits per heavy atom. The molecule has 0 fully saturated rings. The molecule has 0 unspecified atom stereocenters. The molecular formula is C16H24I3OV. The van der Waals surface area contributed by atoms with E-state index in [1.807, 2.05) is 65.8 Å². The van der Waals surface area contributed by atoms with Gasteiger partial charge in [0.15, 0.2) is 0 Å². The Balaban J connectivity index is 0. The fourth-order valence-corrected chi connectivity index (χ4v) is 1.57. The molecule has 21 heavy (non-hydrogen) atoms. The van der Waals surface area contributed by atoms with Gasteiger partial charge in [-0.05, 0) is 30.4 Å². The van der Waals surface area contributed by atoms with E-state index in [-0.39, 0.29) is 4.92 Å². The molecule has 0 bridgehead atoms. The van der Waals surface area contributed by atoms with Crippen molar-refractivity contribution in [3.8, 4) is 5.75 Å². The Morgan fingerprint density at radius 3 is 1.81 bits per heavy atom. The van der Waals surface area contributed by atoms with Gasteiger partial charge in [0.1, 0.15) is 5.75 Å². The van der Waals surface area contributed by atoms with E-state index in [0.717, 1.165) is 21.9 Å². The summed E-state index contributed by atoms with van der Waals surface area (Å²) >= 11 is 7.39. The molecule has 0 heterocycles. The third kappa shape index (κ3) is 9.89. The van der Waals surface area contributed by atoms with Crippen LogP contribution >= 0.6 is 59.9 Å². The normalized spacial score (nSPS) is 8.86. The van der Waals surface area contributed by atoms with Gasteiger partial charge < -0.3 is 5.11 Å². The zero-order valence-electron chi connectivity index (χ0n) is 13.4. The maximum absolute atomic E-state index is 9.84.